The third-order valence-electron chi connectivity index (χ3n) is 5.81. The Morgan fingerprint density at radius 2 is 1.74 bits per heavy atom. The fraction of sp³-hybridized carbons (Fsp3) is 0.320. The number of aryl methyl sites for hydroxylation is 1. The Kier molecular flexibility index (Phi) is 6.70. The number of amides is 1. The topological polar surface area (TPSA) is 50.8 Å². The molecule has 0 aliphatic carbocycles. The molecule has 6 heteroatoms. The summed E-state index contributed by atoms with van der Waals surface area (Å²) in [6.45, 7) is 7.37. The average molecular weight is 437 g/mol. The highest BCUT2D eigenvalue weighted by Gasteiger charge is 2.30. The van der Waals surface area contributed by atoms with Crippen LogP contribution in [0.25, 0.3) is 0 Å². The number of hydrogen-bond acceptors (Lipinski definition) is 5. The fourth-order valence-corrected chi connectivity index (χ4v) is 5.10. The Balaban J connectivity index is 1.75. The van der Waals surface area contributed by atoms with Crippen molar-refractivity contribution in [1.29, 1.82) is 0 Å². The van der Waals surface area contributed by atoms with E-state index in [9.17, 15) is 4.79 Å². The first-order valence-electron chi connectivity index (χ1n) is 10.5. The number of anilines is 1. The van der Waals surface area contributed by atoms with Gasteiger partial charge in [-0.05, 0) is 49.2 Å². The lowest BCUT2D eigenvalue weighted by atomic mass is 9.94. The number of hydrogen-bond donors (Lipinski definition) is 1. The Labute approximate surface area is 187 Å². The largest absolute Gasteiger partial charge is 0.497 e. The highest BCUT2D eigenvalue weighted by molar-refractivity contribution is 7.16. The third-order valence-corrected chi connectivity index (χ3v) is 6.95. The van der Waals surface area contributed by atoms with Crippen molar-refractivity contribution in [2.24, 2.45) is 0 Å². The van der Waals surface area contributed by atoms with Gasteiger partial charge in [0.15, 0.2) is 0 Å². The van der Waals surface area contributed by atoms with Crippen LogP contribution in [-0.2, 0) is 4.74 Å². The summed E-state index contributed by atoms with van der Waals surface area (Å²) in [6.07, 6.45) is 0. The molecular formula is C25H28N2O3S. The summed E-state index contributed by atoms with van der Waals surface area (Å²) >= 11 is 1.64. The molecule has 1 aliphatic heterocycles. The second kappa shape index (κ2) is 9.64. The number of nitrogens with zero attached hydrogens (tertiary/aromatic N) is 1. The molecule has 3 aromatic rings. The lowest BCUT2D eigenvalue weighted by Crippen LogP contribution is -2.39. The molecular weight excluding hydrogens is 408 g/mol. The molecule has 5 nitrogen and oxygen atoms in total. The van der Waals surface area contributed by atoms with Gasteiger partial charge in [0, 0.05) is 29.1 Å². The van der Waals surface area contributed by atoms with Crippen LogP contribution in [0.4, 0.5) is 5.00 Å². The monoisotopic (exact) mass is 436 g/mol. The molecule has 1 fully saturated rings. The summed E-state index contributed by atoms with van der Waals surface area (Å²) < 4.78 is 11.0. The highest BCUT2D eigenvalue weighted by Crippen LogP contribution is 2.42. The van der Waals surface area contributed by atoms with Gasteiger partial charge in [-0.15, -0.1) is 11.3 Å². The summed E-state index contributed by atoms with van der Waals surface area (Å²) in [7, 11) is 1.68. The van der Waals surface area contributed by atoms with Crippen LogP contribution in [0.15, 0.2) is 54.6 Å². The Morgan fingerprint density at radius 3 is 2.39 bits per heavy atom. The van der Waals surface area contributed by atoms with Crippen LogP contribution >= 0.6 is 11.3 Å². The smallest absolute Gasteiger partial charge is 0.256 e. The third kappa shape index (κ3) is 4.66. The summed E-state index contributed by atoms with van der Waals surface area (Å²) in [5, 5.41) is 4.11. The Hall–Kier alpha value is -2.67. The summed E-state index contributed by atoms with van der Waals surface area (Å²) in [6, 6.07) is 17.6. The maximum Gasteiger partial charge on any atom is 0.256 e. The van der Waals surface area contributed by atoms with E-state index in [0.29, 0.717) is 18.8 Å². The van der Waals surface area contributed by atoms with E-state index >= 15 is 0 Å². The van der Waals surface area contributed by atoms with Crippen LogP contribution < -0.4 is 10.1 Å². The summed E-state index contributed by atoms with van der Waals surface area (Å²) in [5.74, 6) is 0.749. The molecule has 162 valence electrons. The van der Waals surface area contributed by atoms with Crippen molar-refractivity contribution in [2.45, 2.75) is 19.9 Å². The zero-order chi connectivity index (χ0) is 21.8. The van der Waals surface area contributed by atoms with Gasteiger partial charge < -0.3 is 14.8 Å². The number of nitrogens with one attached hydrogen (secondary N) is 1. The van der Waals surface area contributed by atoms with E-state index in [4.69, 9.17) is 9.47 Å². The van der Waals surface area contributed by atoms with Crippen LogP contribution in [0.1, 0.15) is 38.0 Å². The molecule has 0 unspecified atom stereocenters. The lowest BCUT2D eigenvalue weighted by Gasteiger charge is -2.35. The van der Waals surface area contributed by atoms with Crippen LogP contribution in [0.3, 0.4) is 0 Å². The number of carbonyl (C=O) groups is 1. The van der Waals surface area contributed by atoms with Gasteiger partial charge in [0.25, 0.3) is 5.91 Å². The quantitative estimate of drug-likeness (QED) is 0.588. The second-order valence-electron chi connectivity index (χ2n) is 7.67. The predicted octanol–water partition coefficient (Wildman–Crippen LogP) is 5.05. The first-order chi connectivity index (χ1) is 15.1. The molecule has 0 spiro atoms. The van der Waals surface area contributed by atoms with Gasteiger partial charge in [-0.3, -0.25) is 9.69 Å². The Bertz CT molecular complexity index is 1020. The molecule has 1 aliphatic rings. The minimum Gasteiger partial charge on any atom is -0.497 e. The molecule has 1 saturated heterocycles. The van der Waals surface area contributed by atoms with E-state index in [1.165, 1.54) is 21.6 Å². The van der Waals surface area contributed by atoms with Crippen molar-refractivity contribution in [3.8, 4) is 5.75 Å². The molecule has 1 aromatic heterocycles. The molecule has 1 amide bonds. The van der Waals surface area contributed by atoms with E-state index in [0.717, 1.165) is 23.8 Å². The Morgan fingerprint density at radius 1 is 1.06 bits per heavy atom. The van der Waals surface area contributed by atoms with E-state index in [2.05, 4.69) is 36.2 Å². The van der Waals surface area contributed by atoms with E-state index in [1.807, 2.05) is 42.5 Å². The van der Waals surface area contributed by atoms with Gasteiger partial charge >= 0.3 is 0 Å². The molecule has 1 atom stereocenters. The molecule has 4 rings (SSSR count). The number of morpholine rings is 1. The van der Waals surface area contributed by atoms with Gasteiger partial charge in [0.2, 0.25) is 0 Å². The van der Waals surface area contributed by atoms with Crippen molar-refractivity contribution < 1.29 is 14.3 Å². The van der Waals surface area contributed by atoms with Crippen LogP contribution in [0.2, 0.25) is 0 Å². The maximum atomic E-state index is 13.0. The van der Waals surface area contributed by atoms with Crippen molar-refractivity contribution in [3.63, 3.8) is 0 Å². The number of carbonyl (C=O) groups excluding carboxylic acids is 1. The van der Waals surface area contributed by atoms with E-state index in [-0.39, 0.29) is 11.9 Å². The summed E-state index contributed by atoms with van der Waals surface area (Å²) in [5.41, 5.74) is 4.22. The molecule has 2 aromatic carbocycles. The number of benzene rings is 2. The first kappa shape index (κ1) is 21.6. The van der Waals surface area contributed by atoms with E-state index < -0.39 is 0 Å². The maximum absolute atomic E-state index is 13.0. The minimum atomic E-state index is -0.0847. The molecule has 2 heterocycles. The zero-order valence-corrected chi connectivity index (χ0v) is 19.0. The van der Waals surface area contributed by atoms with Crippen LogP contribution in [0.5, 0.6) is 5.75 Å². The number of ether oxygens (including phenoxy) is 2. The van der Waals surface area contributed by atoms with Gasteiger partial charge in [0.05, 0.1) is 26.4 Å². The standard InChI is InChI=1S/C25H28N2O3S/c1-17-18(2)31-25(26-24(28)20-7-5-4-6-8-20)22(17)23(27-13-15-30-16-14-27)19-9-11-21(29-3)12-10-19/h4-12,23H,13-16H2,1-3H3,(H,26,28)/t23-/m0/s1. The highest BCUT2D eigenvalue weighted by atomic mass is 32.1. The molecule has 31 heavy (non-hydrogen) atoms. The number of thiophene rings is 1. The van der Waals surface area contributed by atoms with Crippen molar-refractivity contribution in [1.82, 2.24) is 4.90 Å². The predicted molar refractivity (Wildman–Crippen MR) is 125 cm³/mol. The number of methoxy groups -OCH3 is 1. The van der Waals surface area contributed by atoms with Gasteiger partial charge in [-0.1, -0.05) is 30.3 Å². The van der Waals surface area contributed by atoms with Gasteiger partial charge in [-0.2, -0.15) is 0 Å². The van der Waals surface area contributed by atoms with Gasteiger partial charge in [-0.25, -0.2) is 0 Å². The molecule has 0 bridgehead atoms. The van der Waals surface area contributed by atoms with Crippen molar-refractivity contribution in [3.05, 3.63) is 81.7 Å². The molecule has 1 N–H and O–H groups in total. The van der Waals surface area contributed by atoms with Crippen LogP contribution in [-0.4, -0.2) is 44.2 Å². The summed E-state index contributed by atoms with van der Waals surface area (Å²) in [4.78, 5) is 16.6. The van der Waals surface area contributed by atoms with E-state index in [1.54, 1.807) is 18.4 Å². The minimum absolute atomic E-state index is 0.0332. The fourth-order valence-electron chi connectivity index (χ4n) is 4.01. The zero-order valence-electron chi connectivity index (χ0n) is 18.2. The van der Waals surface area contributed by atoms with Crippen LogP contribution in [0, 0.1) is 13.8 Å². The van der Waals surface area contributed by atoms with Crippen molar-refractivity contribution >= 4 is 22.2 Å². The second-order valence-corrected chi connectivity index (χ2v) is 8.89. The lowest BCUT2D eigenvalue weighted by molar-refractivity contribution is 0.0240. The molecule has 0 radical (unpaired) electrons. The molecule has 0 saturated carbocycles. The SMILES string of the molecule is COc1ccc([C@@H](c2c(NC(=O)c3ccccc3)sc(C)c2C)N2CCOCC2)cc1. The first-order valence-corrected chi connectivity index (χ1v) is 11.3. The van der Waals surface area contributed by atoms with Gasteiger partial charge in [0.1, 0.15) is 10.8 Å². The normalized spacial score (nSPS) is 15.5. The average Bonchev–Trinajstić information content (AvgIpc) is 3.09. The number of rotatable bonds is 6. The van der Waals surface area contributed by atoms with Crippen molar-refractivity contribution in [2.75, 3.05) is 38.7 Å².